The molecule has 0 bridgehead atoms. The summed E-state index contributed by atoms with van der Waals surface area (Å²) in [5.74, 6) is 4.37. The minimum absolute atomic E-state index is 0.559. The fourth-order valence-corrected chi connectivity index (χ4v) is 1.11. The van der Waals surface area contributed by atoms with Crippen molar-refractivity contribution in [3.8, 4) is 11.8 Å². The van der Waals surface area contributed by atoms with Crippen molar-refractivity contribution in [3.63, 3.8) is 0 Å². The molecule has 2 rings (SSSR count). The monoisotopic (exact) mass is 201 g/mol. The molecule has 0 aromatic carbocycles. The molecule has 0 aliphatic rings. The fraction of sp³-hybridized carbons (Fsp3) is 0.100. The zero-order valence-electron chi connectivity index (χ0n) is 7.94. The maximum absolute atomic E-state index is 10.8. The third-order valence-electron chi connectivity index (χ3n) is 1.80. The number of nitrogens with one attached hydrogen (secondary N) is 1. The Kier molecular flexibility index (Phi) is 2.33. The first-order valence-electron chi connectivity index (χ1n) is 4.20. The lowest BCUT2D eigenvalue weighted by Gasteiger charge is -1.86. The van der Waals surface area contributed by atoms with Crippen LogP contribution >= 0.6 is 0 Å². The van der Waals surface area contributed by atoms with Crippen LogP contribution in [0, 0.1) is 11.8 Å². The van der Waals surface area contributed by atoms with E-state index < -0.39 is 5.97 Å². The van der Waals surface area contributed by atoms with E-state index in [0.29, 0.717) is 11.3 Å². The van der Waals surface area contributed by atoms with E-state index in [2.05, 4.69) is 31.8 Å². The van der Waals surface area contributed by atoms with Crippen molar-refractivity contribution in [1.29, 1.82) is 0 Å². The van der Waals surface area contributed by atoms with Gasteiger partial charge < -0.3 is 4.74 Å². The summed E-state index contributed by atoms with van der Waals surface area (Å²) >= 11 is 0. The van der Waals surface area contributed by atoms with Crippen LogP contribution in [0.15, 0.2) is 18.3 Å². The lowest BCUT2D eigenvalue weighted by Crippen LogP contribution is -1.94. The summed E-state index contributed by atoms with van der Waals surface area (Å²) in [6.45, 7) is 0. The summed E-state index contributed by atoms with van der Waals surface area (Å²) in [5.41, 5.74) is 1.13. The van der Waals surface area contributed by atoms with Gasteiger partial charge in [-0.15, -0.1) is 0 Å². The molecule has 0 unspecified atom stereocenters. The van der Waals surface area contributed by atoms with E-state index in [-0.39, 0.29) is 0 Å². The van der Waals surface area contributed by atoms with E-state index >= 15 is 0 Å². The van der Waals surface area contributed by atoms with E-state index in [1.54, 1.807) is 12.3 Å². The number of hydrogen-bond donors (Lipinski definition) is 1. The van der Waals surface area contributed by atoms with Crippen LogP contribution in [0.1, 0.15) is 5.69 Å². The molecule has 0 radical (unpaired) electrons. The maximum Gasteiger partial charge on any atom is 0.384 e. The van der Waals surface area contributed by atoms with Crippen molar-refractivity contribution in [1.82, 2.24) is 15.2 Å². The molecule has 0 aliphatic carbocycles. The third-order valence-corrected chi connectivity index (χ3v) is 1.80. The third kappa shape index (κ3) is 1.79. The fourth-order valence-electron chi connectivity index (χ4n) is 1.11. The van der Waals surface area contributed by atoms with E-state index in [9.17, 15) is 4.79 Å². The Morgan fingerprint density at radius 2 is 2.47 bits per heavy atom. The molecule has 74 valence electrons. The highest BCUT2D eigenvalue weighted by Gasteiger charge is 2.02. The SMILES string of the molecule is COC(=O)C#Cc1[nH]nc2ncccc12. The van der Waals surface area contributed by atoms with Crippen molar-refractivity contribution in [2.24, 2.45) is 0 Å². The van der Waals surface area contributed by atoms with Crippen LogP contribution in [-0.4, -0.2) is 28.3 Å². The molecule has 2 aromatic heterocycles. The van der Waals surface area contributed by atoms with Crippen molar-refractivity contribution in [2.45, 2.75) is 0 Å². The molecule has 1 N–H and O–H groups in total. The van der Waals surface area contributed by atoms with Crippen molar-refractivity contribution >= 4 is 17.0 Å². The highest BCUT2D eigenvalue weighted by molar-refractivity contribution is 5.90. The van der Waals surface area contributed by atoms with Gasteiger partial charge in [-0.25, -0.2) is 9.78 Å². The number of H-pyrrole nitrogens is 1. The summed E-state index contributed by atoms with van der Waals surface area (Å²) in [7, 11) is 1.28. The van der Waals surface area contributed by atoms with Gasteiger partial charge >= 0.3 is 5.97 Å². The highest BCUT2D eigenvalue weighted by atomic mass is 16.5. The minimum Gasteiger partial charge on any atom is -0.459 e. The number of esters is 1. The van der Waals surface area contributed by atoms with Gasteiger partial charge in [-0.1, -0.05) is 0 Å². The number of carbonyl (C=O) groups excluding carboxylic acids is 1. The number of fused-ring (bicyclic) bond motifs is 1. The zero-order chi connectivity index (χ0) is 10.7. The summed E-state index contributed by atoms with van der Waals surface area (Å²) < 4.78 is 4.40. The molecular weight excluding hydrogens is 194 g/mol. The topological polar surface area (TPSA) is 67.9 Å². The molecule has 0 amide bonds. The Bertz CT molecular complexity index is 563. The van der Waals surface area contributed by atoms with Crippen LogP contribution in [0.2, 0.25) is 0 Å². The summed E-state index contributed by atoms with van der Waals surface area (Å²) in [6, 6.07) is 3.61. The minimum atomic E-state index is -0.582. The van der Waals surface area contributed by atoms with Gasteiger partial charge in [-0.05, 0) is 18.1 Å². The molecule has 5 nitrogen and oxygen atoms in total. The van der Waals surface area contributed by atoms with Crippen LogP contribution in [-0.2, 0) is 9.53 Å². The number of aromatic nitrogens is 3. The molecule has 0 saturated heterocycles. The number of methoxy groups -OCH3 is 1. The highest BCUT2D eigenvalue weighted by Crippen LogP contribution is 2.10. The summed E-state index contributed by atoms with van der Waals surface area (Å²) in [4.78, 5) is 14.8. The number of pyridine rings is 1. The molecule has 15 heavy (non-hydrogen) atoms. The van der Waals surface area contributed by atoms with Crippen LogP contribution in [0.5, 0.6) is 0 Å². The maximum atomic E-state index is 10.8. The van der Waals surface area contributed by atoms with Gasteiger partial charge in [0.05, 0.1) is 12.5 Å². The first-order chi connectivity index (χ1) is 7.31. The number of ether oxygens (including phenoxy) is 1. The Hall–Kier alpha value is -2.35. The van der Waals surface area contributed by atoms with Crippen LogP contribution in [0.25, 0.3) is 11.0 Å². The zero-order valence-corrected chi connectivity index (χ0v) is 7.94. The number of hydrogen-bond acceptors (Lipinski definition) is 4. The molecule has 2 heterocycles. The Balaban J connectivity index is 2.43. The Labute approximate surface area is 85.5 Å². The lowest BCUT2D eigenvalue weighted by atomic mass is 10.2. The van der Waals surface area contributed by atoms with Crippen molar-refractivity contribution in [2.75, 3.05) is 7.11 Å². The summed E-state index contributed by atoms with van der Waals surface area (Å²) in [6.07, 6.45) is 1.64. The van der Waals surface area contributed by atoms with Crippen molar-refractivity contribution < 1.29 is 9.53 Å². The van der Waals surface area contributed by atoms with Crippen LogP contribution < -0.4 is 0 Å². The predicted molar refractivity (Wildman–Crippen MR) is 52.8 cm³/mol. The number of nitrogens with zero attached hydrogens (tertiary/aromatic N) is 2. The smallest absolute Gasteiger partial charge is 0.384 e. The average molecular weight is 201 g/mol. The largest absolute Gasteiger partial charge is 0.459 e. The molecule has 5 heteroatoms. The predicted octanol–water partition coefficient (Wildman–Crippen LogP) is 0.482. The van der Waals surface area contributed by atoms with Gasteiger partial charge in [0.1, 0.15) is 5.69 Å². The molecule has 0 saturated carbocycles. The van der Waals surface area contributed by atoms with E-state index in [1.165, 1.54) is 7.11 Å². The second kappa shape index (κ2) is 3.80. The number of carbonyl (C=O) groups is 1. The average Bonchev–Trinajstić information content (AvgIpc) is 2.69. The second-order valence-corrected chi connectivity index (χ2v) is 2.71. The normalized spacial score (nSPS) is 9.40. The molecule has 2 aromatic rings. The number of aromatic amines is 1. The van der Waals surface area contributed by atoms with E-state index in [0.717, 1.165) is 5.39 Å². The van der Waals surface area contributed by atoms with E-state index in [1.807, 2.05) is 6.07 Å². The van der Waals surface area contributed by atoms with Gasteiger partial charge in [-0.2, -0.15) is 5.10 Å². The first kappa shape index (κ1) is 9.21. The van der Waals surface area contributed by atoms with Crippen LogP contribution in [0.4, 0.5) is 0 Å². The molecule has 0 fully saturated rings. The molecule has 0 atom stereocenters. The summed E-state index contributed by atoms with van der Waals surface area (Å²) in [5, 5.41) is 7.42. The lowest BCUT2D eigenvalue weighted by molar-refractivity contribution is -0.133. The van der Waals surface area contributed by atoms with Gasteiger partial charge in [0.25, 0.3) is 0 Å². The van der Waals surface area contributed by atoms with Gasteiger partial charge in [0.15, 0.2) is 5.65 Å². The van der Waals surface area contributed by atoms with Gasteiger partial charge in [0.2, 0.25) is 0 Å². The first-order valence-corrected chi connectivity index (χ1v) is 4.20. The van der Waals surface area contributed by atoms with Crippen LogP contribution in [0.3, 0.4) is 0 Å². The Morgan fingerprint density at radius 3 is 3.27 bits per heavy atom. The second-order valence-electron chi connectivity index (χ2n) is 2.71. The molecule has 0 spiro atoms. The number of rotatable bonds is 0. The van der Waals surface area contributed by atoms with Gasteiger partial charge in [-0.3, -0.25) is 5.10 Å². The van der Waals surface area contributed by atoms with Gasteiger partial charge in [0, 0.05) is 12.1 Å². The Morgan fingerprint density at radius 1 is 1.60 bits per heavy atom. The standard InChI is InChI=1S/C10H7N3O2/c1-15-9(14)5-4-8-7-3-2-6-11-10(7)13-12-8/h2-3,6H,1H3,(H,11,12,13). The molecule has 0 aliphatic heterocycles. The molecular formula is C10H7N3O2. The van der Waals surface area contributed by atoms with E-state index in [4.69, 9.17) is 0 Å². The van der Waals surface area contributed by atoms with Crippen molar-refractivity contribution in [3.05, 3.63) is 24.0 Å². The quantitative estimate of drug-likeness (QED) is 0.497.